The molecule has 0 atom stereocenters. The monoisotopic (exact) mass is 274 g/mol. The average Bonchev–Trinajstić information content (AvgIpc) is 2.46. The van der Waals surface area contributed by atoms with Crippen LogP contribution in [0, 0.1) is 0 Å². The molecule has 0 unspecified atom stereocenters. The zero-order valence-corrected chi connectivity index (χ0v) is 11.2. The quantitative estimate of drug-likeness (QED) is 0.727. The third-order valence-corrected chi connectivity index (χ3v) is 3.67. The molecule has 6 nitrogen and oxygen atoms in total. The minimum absolute atomic E-state index is 0.442. The minimum atomic E-state index is -0.740. The van der Waals surface area contributed by atoms with Crippen molar-refractivity contribution < 1.29 is 9.84 Å². The van der Waals surface area contributed by atoms with Gasteiger partial charge in [-0.05, 0) is 18.2 Å². The Morgan fingerprint density at radius 2 is 2.10 bits per heavy atom. The topological polar surface area (TPSA) is 93.3 Å². The standard InChI is InChI=1S/C14H18N4O2/c15-10-1-2-12-11(7-10)13(18-9-17-12)16-8-14(19)3-5-20-6-4-14/h1-2,7,9,19H,3-6,8,15H2,(H,16,17,18). The van der Waals surface area contributed by atoms with E-state index in [4.69, 9.17) is 10.5 Å². The molecule has 0 saturated carbocycles. The lowest BCUT2D eigenvalue weighted by molar-refractivity contribution is -0.0543. The number of rotatable bonds is 3. The molecule has 0 bridgehead atoms. The van der Waals surface area contributed by atoms with Crippen molar-refractivity contribution in [3.8, 4) is 0 Å². The Labute approximate surface area is 117 Å². The molecular weight excluding hydrogens is 256 g/mol. The second-order valence-electron chi connectivity index (χ2n) is 5.19. The molecule has 2 aromatic rings. The van der Waals surface area contributed by atoms with E-state index in [0.717, 1.165) is 10.9 Å². The first-order valence-electron chi connectivity index (χ1n) is 6.71. The van der Waals surface area contributed by atoms with Gasteiger partial charge in [-0.3, -0.25) is 0 Å². The van der Waals surface area contributed by atoms with Gasteiger partial charge in [0.05, 0.1) is 11.1 Å². The molecule has 20 heavy (non-hydrogen) atoms. The van der Waals surface area contributed by atoms with Crippen molar-refractivity contribution in [2.75, 3.05) is 30.8 Å². The fourth-order valence-electron chi connectivity index (χ4n) is 2.39. The molecule has 0 amide bonds. The van der Waals surface area contributed by atoms with Gasteiger partial charge < -0.3 is 20.9 Å². The average molecular weight is 274 g/mol. The predicted octanol–water partition coefficient (Wildman–Crippen LogP) is 1.17. The number of nitrogen functional groups attached to an aromatic ring is 1. The number of benzene rings is 1. The zero-order chi connectivity index (χ0) is 14.0. The van der Waals surface area contributed by atoms with Crippen LogP contribution in [-0.2, 0) is 4.74 Å². The van der Waals surface area contributed by atoms with E-state index in [-0.39, 0.29) is 0 Å². The van der Waals surface area contributed by atoms with Gasteiger partial charge >= 0.3 is 0 Å². The van der Waals surface area contributed by atoms with Crippen molar-refractivity contribution in [2.45, 2.75) is 18.4 Å². The maximum atomic E-state index is 10.4. The van der Waals surface area contributed by atoms with Crippen LogP contribution in [0.2, 0.25) is 0 Å². The number of aromatic nitrogens is 2. The van der Waals surface area contributed by atoms with Gasteiger partial charge in [0.2, 0.25) is 0 Å². The summed E-state index contributed by atoms with van der Waals surface area (Å²) >= 11 is 0. The summed E-state index contributed by atoms with van der Waals surface area (Å²) in [6.45, 7) is 1.63. The molecule has 6 heteroatoms. The fourth-order valence-corrected chi connectivity index (χ4v) is 2.39. The molecule has 106 valence electrons. The summed E-state index contributed by atoms with van der Waals surface area (Å²) in [5.74, 6) is 0.696. The Bertz CT molecular complexity index is 611. The highest BCUT2D eigenvalue weighted by Crippen LogP contribution is 2.24. The van der Waals surface area contributed by atoms with Crippen molar-refractivity contribution >= 4 is 22.4 Å². The van der Waals surface area contributed by atoms with Gasteiger partial charge in [-0.15, -0.1) is 0 Å². The molecule has 1 aromatic carbocycles. The molecule has 1 aliphatic rings. The highest BCUT2D eigenvalue weighted by atomic mass is 16.5. The van der Waals surface area contributed by atoms with Crippen LogP contribution in [0.15, 0.2) is 24.5 Å². The summed E-state index contributed by atoms with van der Waals surface area (Å²) in [6.07, 6.45) is 2.77. The first kappa shape index (κ1) is 13.1. The van der Waals surface area contributed by atoms with Crippen molar-refractivity contribution in [2.24, 2.45) is 0 Å². The van der Waals surface area contributed by atoms with E-state index in [1.54, 1.807) is 0 Å². The number of nitrogens with zero attached hydrogens (tertiary/aromatic N) is 2. The van der Waals surface area contributed by atoms with E-state index in [1.807, 2.05) is 18.2 Å². The minimum Gasteiger partial charge on any atom is -0.399 e. The first-order chi connectivity index (χ1) is 9.66. The van der Waals surface area contributed by atoms with Gasteiger partial charge in [-0.25, -0.2) is 9.97 Å². The van der Waals surface area contributed by atoms with E-state index in [9.17, 15) is 5.11 Å². The predicted molar refractivity (Wildman–Crippen MR) is 77.4 cm³/mol. The van der Waals surface area contributed by atoms with Crippen molar-refractivity contribution in [3.05, 3.63) is 24.5 Å². The summed E-state index contributed by atoms with van der Waals surface area (Å²) < 4.78 is 5.27. The van der Waals surface area contributed by atoms with Crippen LogP contribution in [-0.4, -0.2) is 40.4 Å². The number of nitrogens with one attached hydrogen (secondary N) is 1. The number of nitrogens with two attached hydrogens (primary N) is 1. The van der Waals surface area contributed by atoms with E-state index in [2.05, 4.69) is 15.3 Å². The lowest BCUT2D eigenvalue weighted by Gasteiger charge is -2.32. The van der Waals surface area contributed by atoms with Gasteiger partial charge in [0.1, 0.15) is 12.1 Å². The van der Waals surface area contributed by atoms with Gasteiger partial charge in [-0.2, -0.15) is 0 Å². The van der Waals surface area contributed by atoms with Crippen LogP contribution >= 0.6 is 0 Å². The normalized spacial score (nSPS) is 18.1. The summed E-state index contributed by atoms with van der Waals surface area (Å²) in [4.78, 5) is 8.45. The molecule has 3 rings (SSSR count). The van der Waals surface area contributed by atoms with Crippen LogP contribution in [0.3, 0.4) is 0 Å². The summed E-state index contributed by atoms with van der Waals surface area (Å²) in [5.41, 5.74) is 6.56. The summed E-state index contributed by atoms with van der Waals surface area (Å²) in [5, 5.41) is 14.5. The van der Waals surface area contributed by atoms with Gasteiger partial charge in [0, 0.05) is 43.7 Å². The molecular formula is C14H18N4O2. The lowest BCUT2D eigenvalue weighted by atomic mass is 9.94. The molecule has 0 aliphatic carbocycles. The first-order valence-corrected chi connectivity index (χ1v) is 6.71. The second kappa shape index (κ2) is 5.22. The van der Waals surface area contributed by atoms with Crippen LogP contribution < -0.4 is 11.1 Å². The Morgan fingerprint density at radius 3 is 2.90 bits per heavy atom. The van der Waals surface area contributed by atoms with Gasteiger partial charge in [-0.1, -0.05) is 0 Å². The Balaban J connectivity index is 1.82. The van der Waals surface area contributed by atoms with Gasteiger partial charge in [0.25, 0.3) is 0 Å². The molecule has 1 saturated heterocycles. The number of hydrogen-bond donors (Lipinski definition) is 3. The second-order valence-corrected chi connectivity index (χ2v) is 5.19. The number of anilines is 2. The number of aliphatic hydroxyl groups is 1. The Morgan fingerprint density at radius 1 is 1.30 bits per heavy atom. The van der Waals surface area contributed by atoms with Crippen LogP contribution in [0.4, 0.5) is 11.5 Å². The third kappa shape index (κ3) is 2.66. The SMILES string of the molecule is Nc1ccc2ncnc(NCC3(O)CCOCC3)c2c1. The number of hydrogen-bond acceptors (Lipinski definition) is 6. The highest BCUT2D eigenvalue weighted by molar-refractivity contribution is 5.91. The van der Waals surface area contributed by atoms with Gasteiger partial charge in [0.15, 0.2) is 0 Å². The molecule has 0 spiro atoms. The maximum Gasteiger partial charge on any atom is 0.137 e. The zero-order valence-electron chi connectivity index (χ0n) is 11.2. The molecule has 0 radical (unpaired) electrons. The van der Waals surface area contributed by atoms with E-state index in [1.165, 1.54) is 6.33 Å². The lowest BCUT2D eigenvalue weighted by Crippen LogP contribution is -2.42. The molecule has 4 N–H and O–H groups in total. The fraction of sp³-hybridized carbons (Fsp3) is 0.429. The van der Waals surface area contributed by atoms with Crippen LogP contribution in [0.5, 0.6) is 0 Å². The highest BCUT2D eigenvalue weighted by Gasteiger charge is 2.29. The van der Waals surface area contributed by atoms with Crippen molar-refractivity contribution in [1.29, 1.82) is 0 Å². The van der Waals surface area contributed by atoms with E-state index < -0.39 is 5.60 Å². The van der Waals surface area contributed by atoms with Crippen LogP contribution in [0.1, 0.15) is 12.8 Å². The van der Waals surface area contributed by atoms with Crippen molar-refractivity contribution in [1.82, 2.24) is 9.97 Å². The Kier molecular flexibility index (Phi) is 3.42. The molecule has 1 aromatic heterocycles. The summed E-state index contributed by atoms with van der Waals surface area (Å²) in [7, 11) is 0. The third-order valence-electron chi connectivity index (χ3n) is 3.67. The molecule has 1 fully saturated rings. The molecule has 1 aliphatic heterocycles. The largest absolute Gasteiger partial charge is 0.399 e. The van der Waals surface area contributed by atoms with Crippen molar-refractivity contribution in [3.63, 3.8) is 0 Å². The van der Waals surface area contributed by atoms with E-state index >= 15 is 0 Å². The summed E-state index contributed by atoms with van der Waals surface area (Å²) in [6, 6.07) is 5.51. The molecule has 2 heterocycles. The smallest absolute Gasteiger partial charge is 0.137 e. The number of fused-ring (bicyclic) bond motifs is 1. The Hall–Kier alpha value is -1.92. The van der Waals surface area contributed by atoms with E-state index in [0.29, 0.717) is 44.1 Å². The van der Waals surface area contributed by atoms with Crippen LogP contribution in [0.25, 0.3) is 10.9 Å². The number of ether oxygens (including phenoxy) is 1. The maximum absolute atomic E-state index is 10.4.